The number of carbonyl (C=O) groups is 2. The van der Waals surface area contributed by atoms with Crippen LogP contribution in [-0.4, -0.2) is 26.0 Å². The van der Waals surface area contributed by atoms with Crippen molar-refractivity contribution < 1.29 is 9.59 Å². The molecule has 0 amide bonds. The average molecular weight is 586 g/mol. The number of ketones is 2. The summed E-state index contributed by atoms with van der Waals surface area (Å²) in [6.45, 7) is 6.72. The molecule has 6 heteroatoms. The van der Waals surface area contributed by atoms with Crippen molar-refractivity contribution in [3.63, 3.8) is 0 Å². The number of hydrogen-bond acceptors (Lipinski definition) is 2. The second kappa shape index (κ2) is 6.65. The van der Waals surface area contributed by atoms with Crippen LogP contribution in [0.5, 0.6) is 0 Å². The molecule has 4 rings (SSSR count). The SMILES string of the molecule is CC1C(Br)C(=O)C(Cl)=C2C(Br)(CBr)C[C@@H]3[C@@H](CC[C@]4(C)C(=O)CC[C@@H]34)[C@]21C. The molecule has 0 spiro atoms. The topological polar surface area (TPSA) is 34.1 Å². The first-order valence-electron chi connectivity index (χ1n) is 9.89. The van der Waals surface area contributed by atoms with Gasteiger partial charge in [-0.05, 0) is 60.3 Å². The van der Waals surface area contributed by atoms with Crippen molar-refractivity contribution in [2.45, 2.75) is 62.0 Å². The van der Waals surface area contributed by atoms with Crippen LogP contribution in [0, 0.1) is 34.5 Å². The predicted molar refractivity (Wildman–Crippen MR) is 120 cm³/mol. The van der Waals surface area contributed by atoms with Crippen LogP contribution in [0.2, 0.25) is 0 Å². The molecule has 3 fully saturated rings. The summed E-state index contributed by atoms with van der Waals surface area (Å²) in [4.78, 5) is 25.3. The molecule has 4 aliphatic rings. The fourth-order valence-corrected chi connectivity index (χ4v) is 10.2. The summed E-state index contributed by atoms with van der Waals surface area (Å²) in [5.74, 6) is 2.00. The first kappa shape index (κ1) is 21.1. The molecule has 0 aliphatic heterocycles. The Hall–Kier alpha value is 0.810. The normalized spacial score (nSPS) is 52.5. The number of halogens is 4. The van der Waals surface area contributed by atoms with Gasteiger partial charge in [-0.25, -0.2) is 0 Å². The molecule has 3 saturated carbocycles. The lowest BCUT2D eigenvalue weighted by Gasteiger charge is -2.63. The third-order valence-electron chi connectivity index (χ3n) is 8.75. The van der Waals surface area contributed by atoms with Gasteiger partial charge in [0, 0.05) is 17.2 Å². The van der Waals surface area contributed by atoms with E-state index in [0.717, 1.165) is 37.7 Å². The molecule has 3 unspecified atom stereocenters. The van der Waals surface area contributed by atoms with Gasteiger partial charge >= 0.3 is 0 Å². The minimum Gasteiger partial charge on any atom is -0.299 e. The molecule has 0 heterocycles. The Balaban J connectivity index is 1.90. The number of hydrogen-bond donors (Lipinski definition) is 0. The Labute approximate surface area is 192 Å². The molecular formula is C21H26Br3ClO2. The van der Waals surface area contributed by atoms with Gasteiger partial charge in [0.1, 0.15) is 5.78 Å². The van der Waals surface area contributed by atoms with E-state index in [-0.39, 0.29) is 31.7 Å². The van der Waals surface area contributed by atoms with E-state index in [2.05, 4.69) is 68.6 Å². The third kappa shape index (κ3) is 2.59. The van der Waals surface area contributed by atoms with Crippen molar-refractivity contribution in [1.82, 2.24) is 0 Å². The monoisotopic (exact) mass is 582 g/mol. The largest absolute Gasteiger partial charge is 0.299 e. The van der Waals surface area contributed by atoms with E-state index in [4.69, 9.17) is 11.6 Å². The van der Waals surface area contributed by atoms with Crippen LogP contribution in [0.4, 0.5) is 0 Å². The molecule has 0 radical (unpaired) electrons. The quantitative estimate of drug-likeness (QED) is 0.334. The van der Waals surface area contributed by atoms with E-state index < -0.39 is 0 Å². The van der Waals surface area contributed by atoms with Gasteiger partial charge in [0.25, 0.3) is 0 Å². The number of alkyl halides is 3. The van der Waals surface area contributed by atoms with Crippen LogP contribution in [-0.2, 0) is 9.59 Å². The average Bonchev–Trinajstić information content (AvgIpc) is 2.93. The maximum atomic E-state index is 12.9. The minimum absolute atomic E-state index is 0.0107. The second-order valence-electron chi connectivity index (χ2n) is 9.62. The Bertz CT molecular complexity index is 752. The lowest BCUT2D eigenvalue weighted by Crippen LogP contribution is -2.61. The molecule has 27 heavy (non-hydrogen) atoms. The van der Waals surface area contributed by atoms with E-state index in [1.807, 2.05) is 0 Å². The highest BCUT2D eigenvalue weighted by molar-refractivity contribution is 9.12. The van der Waals surface area contributed by atoms with Gasteiger partial charge in [-0.15, -0.1) is 0 Å². The standard InChI is InChI=1S/C21H26Br3ClO2/c1-10-15(23)17(27)16(25)18-20(10,3)13-6-7-19(2)12(4-5-14(19)26)11(13)8-21(18,24)9-22/h10-13,15H,4-9H2,1-3H3/t10?,11-,12-,13+,15?,19-,20+,21?/m0/s1. The number of carbonyl (C=O) groups excluding carboxylic acids is 2. The van der Waals surface area contributed by atoms with Crippen molar-refractivity contribution >= 4 is 71.0 Å². The highest BCUT2D eigenvalue weighted by Gasteiger charge is 2.66. The van der Waals surface area contributed by atoms with Gasteiger partial charge < -0.3 is 0 Å². The Morgan fingerprint density at radius 2 is 1.85 bits per heavy atom. The van der Waals surface area contributed by atoms with Gasteiger partial charge in [0.2, 0.25) is 0 Å². The van der Waals surface area contributed by atoms with Crippen LogP contribution in [0.3, 0.4) is 0 Å². The summed E-state index contributed by atoms with van der Waals surface area (Å²) in [7, 11) is 0. The van der Waals surface area contributed by atoms with E-state index in [9.17, 15) is 9.59 Å². The van der Waals surface area contributed by atoms with Crippen molar-refractivity contribution in [2.24, 2.45) is 34.5 Å². The molecule has 2 nitrogen and oxygen atoms in total. The van der Waals surface area contributed by atoms with E-state index in [0.29, 0.717) is 33.9 Å². The van der Waals surface area contributed by atoms with Crippen LogP contribution < -0.4 is 0 Å². The van der Waals surface area contributed by atoms with E-state index in [1.165, 1.54) is 0 Å². The number of Topliss-reactive ketones (excluding diaryl/α,β-unsaturated/α-hetero) is 2. The van der Waals surface area contributed by atoms with E-state index >= 15 is 0 Å². The molecule has 0 N–H and O–H groups in total. The molecule has 0 aromatic carbocycles. The molecule has 4 aliphatic carbocycles. The smallest absolute Gasteiger partial charge is 0.188 e. The summed E-state index contributed by atoms with van der Waals surface area (Å²) in [6, 6.07) is 0. The number of allylic oxidation sites excluding steroid dienone is 1. The maximum absolute atomic E-state index is 12.9. The van der Waals surface area contributed by atoms with Crippen LogP contribution in [0.1, 0.15) is 52.9 Å². The molecule has 150 valence electrons. The second-order valence-corrected chi connectivity index (χ2v) is 13.1. The Morgan fingerprint density at radius 1 is 1.19 bits per heavy atom. The van der Waals surface area contributed by atoms with Gasteiger partial charge in [-0.1, -0.05) is 80.2 Å². The first-order chi connectivity index (χ1) is 12.5. The molecule has 0 bridgehead atoms. The predicted octanol–water partition coefficient (Wildman–Crippen LogP) is 6.41. The summed E-state index contributed by atoms with van der Waals surface area (Å²) in [6.07, 6.45) is 4.68. The zero-order valence-corrected chi connectivity index (χ0v) is 21.5. The lowest BCUT2D eigenvalue weighted by molar-refractivity contribution is -0.134. The summed E-state index contributed by atoms with van der Waals surface area (Å²) >= 11 is 18.2. The Kier molecular flexibility index (Phi) is 5.19. The highest BCUT2D eigenvalue weighted by Crippen LogP contribution is 2.70. The zero-order valence-electron chi connectivity index (χ0n) is 16.0. The molecule has 0 aromatic heterocycles. The summed E-state index contributed by atoms with van der Waals surface area (Å²) < 4.78 is -0.332. The van der Waals surface area contributed by atoms with Crippen molar-refractivity contribution in [3.8, 4) is 0 Å². The van der Waals surface area contributed by atoms with Crippen molar-refractivity contribution in [3.05, 3.63) is 10.6 Å². The number of rotatable bonds is 1. The fourth-order valence-electron chi connectivity index (χ4n) is 7.13. The fraction of sp³-hybridized carbons (Fsp3) is 0.810. The first-order valence-corrected chi connectivity index (χ1v) is 13.1. The van der Waals surface area contributed by atoms with Crippen LogP contribution >= 0.6 is 59.4 Å². The third-order valence-corrected chi connectivity index (χ3v) is 13.0. The van der Waals surface area contributed by atoms with Gasteiger partial charge in [-0.3, -0.25) is 9.59 Å². The van der Waals surface area contributed by atoms with Crippen LogP contribution in [0.25, 0.3) is 0 Å². The highest BCUT2D eigenvalue weighted by atomic mass is 79.9. The van der Waals surface area contributed by atoms with Gasteiger partial charge in [-0.2, -0.15) is 0 Å². The molecule has 0 aromatic rings. The number of fused-ring (bicyclic) bond motifs is 5. The summed E-state index contributed by atoms with van der Waals surface area (Å²) in [5.41, 5.74) is 0.771. The van der Waals surface area contributed by atoms with Gasteiger partial charge in [0.05, 0.1) is 14.2 Å². The van der Waals surface area contributed by atoms with E-state index in [1.54, 1.807) is 0 Å². The molecule has 0 saturated heterocycles. The van der Waals surface area contributed by atoms with Gasteiger partial charge in [0.15, 0.2) is 5.78 Å². The Morgan fingerprint density at radius 3 is 2.48 bits per heavy atom. The zero-order chi connectivity index (χ0) is 19.9. The van der Waals surface area contributed by atoms with Crippen LogP contribution in [0.15, 0.2) is 10.6 Å². The maximum Gasteiger partial charge on any atom is 0.188 e. The van der Waals surface area contributed by atoms with Crippen molar-refractivity contribution in [2.75, 3.05) is 5.33 Å². The molecular weight excluding hydrogens is 559 g/mol. The lowest BCUT2D eigenvalue weighted by atomic mass is 9.43. The minimum atomic E-state index is -0.332. The van der Waals surface area contributed by atoms with Crippen molar-refractivity contribution in [1.29, 1.82) is 0 Å². The molecule has 8 atom stereocenters. The summed E-state index contributed by atoms with van der Waals surface area (Å²) in [5, 5.41) is 1.14.